The van der Waals surface area contributed by atoms with E-state index in [4.69, 9.17) is 4.74 Å². The van der Waals surface area contributed by atoms with Crippen molar-refractivity contribution in [3.63, 3.8) is 0 Å². The molecule has 2 N–H and O–H groups in total. The van der Waals surface area contributed by atoms with Crippen molar-refractivity contribution in [2.75, 3.05) is 26.8 Å². The fraction of sp³-hybridized carbons (Fsp3) is 0.625. The molecule has 0 aliphatic carbocycles. The Labute approximate surface area is 117 Å². The lowest BCUT2D eigenvalue weighted by Crippen LogP contribution is -2.36. The molecule has 0 amide bonds. The highest BCUT2D eigenvalue weighted by molar-refractivity contribution is 5.39. The number of methoxy groups -OCH3 is 1. The summed E-state index contributed by atoms with van der Waals surface area (Å²) in [5, 5.41) is 12.7. The average molecular weight is 265 g/mol. The summed E-state index contributed by atoms with van der Waals surface area (Å²) in [7, 11) is 1.71. The van der Waals surface area contributed by atoms with Crippen molar-refractivity contribution in [1.29, 1.82) is 0 Å². The number of hydrogen-bond acceptors (Lipinski definition) is 3. The summed E-state index contributed by atoms with van der Waals surface area (Å²) in [5.74, 6) is 1.27. The molecule has 3 heteroatoms. The van der Waals surface area contributed by atoms with E-state index in [1.54, 1.807) is 7.11 Å². The zero-order chi connectivity index (χ0) is 14.3. The first kappa shape index (κ1) is 16.0. The van der Waals surface area contributed by atoms with Crippen LogP contribution in [-0.2, 0) is 5.41 Å². The van der Waals surface area contributed by atoms with Gasteiger partial charge in [-0.15, -0.1) is 0 Å². The summed E-state index contributed by atoms with van der Waals surface area (Å²) < 4.78 is 5.43. The molecule has 19 heavy (non-hydrogen) atoms. The second-order valence-electron chi connectivity index (χ2n) is 5.67. The summed E-state index contributed by atoms with van der Waals surface area (Å²) in [6.45, 7) is 8.48. The number of aliphatic hydroxyl groups is 1. The minimum atomic E-state index is 0.000348. The van der Waals surface area contributed by atoms with E-state index in [-0.39, 0.29) is 12.0 Å². The van der Waals surface area contributed by atoms with Gasteiger partial charge in [0.2, 0.25) is 0 Å². The van der Waals surface area contributed by atoms with Crippen LogP contribution in [0.2, 0.25) is 0 Å². The van der Waals surface area contributed by atoms with Crippen molar-refractivity contribution in [3.8, 4) is 5.75 Å². The first-order valence-corrected chi connectivity index (χ1v) is 7.00. The number of para-hydroxylation sites is 1. The van der Waals surface area contributed by atoms with Crippen LogP contribution in [0.4, 0.5) is 0 Å². The van der Waals surface area contributed by atoms with Crippen molar-refractivity contribution >= 4 is 0 Å². The fourth-order valence-corrected chi connectivity index (χ4v) is 2.23. The molecule has 1 aromatic carbocycles. The van der Waals surface area contributed by atoms with Gasteiger partial charge in [0.05, 0.1) is 7.11 Å². The van der Waals surface area contributed by atoms with Gasteiger partial charge in [-0.25, -0.2) is 0 Å². The molecule has 1 unspecified atom stereocenters. The van der Waals surface area contributed by atoms with Crippen molar-refractivity contribution in [2.24, 2.45) is 5.92 Å². The van der Waals surface area contributed by atoms with E-state index in [0.717, 1.165) is 25.3 Å². The van der Waals surface area contributed by atoms with E-state index in [2.05, 4.69) is 32.2 Å². The van der Waals surface area contributed by atoms with Gasteiger partial charge in [0.25, 0.3) is 0 Å². The molecule has 3 nitrogen and oxygen atoms in total. The maximum absolute atomic E-state index is 9.19. The van der Waals surface area contributed by atoms with Crippen LogP contribution in [0.15, 0.2) is 24.3 Å². The maximum Gasteiger partial charge on any atom is 0.122 e. The van der Waals surface area contributed by atoms with E-state index in [0.29, 0.717) is 5.92 Å². The molecule has 108 valence electrons. The molecule has 1 rings (SSSR count). The second kappa shape index (κ2) is 7.51. The Balaban J connectivity index is 2.65. The van der Waals surface area contributed by atoms with Gasteiger partial charge in [-0.2, -0.15) is 0 Å². The van der Waals surface area contributed by atoms with Gasteiger partial charge in [0, 0.05) is 30.7 Å². The lowest BCUT2D eigenvalue weighted by molar-refractivity contribution is 0.216. The Kier molecular flexibility index (Phi) is 6.32. The van der Waals surface area contributed by atoms with Gasteiger partial charge >= 0.3 is 0 Å². The lowest BCUT2D eigenvalue weighted by Gasteiger charge is -2.28. The van der Waals surface area contributed by atoms with E-state index in [1.807, 2.05) is 18.2 Å². The molecule has 0 aliphatic heterocycles. The molecule has 0 saturated carbocycles. The Bertz CT molecular complexity index is 373. The fourth-order valence-electron chi connectivity index (χ4n) is 2.23. The topological polar surface area (TPSA) is 41.5 Å². The SMILES string of the molecule is CCC(CO)CNCC(C)(C)c1ccccc1OC. The van der Waals surface area contributed by atoms with Crippen LogP contribution in [0, 0.1) is 5.92 Å². The second-order valence-corrected chi connectivity index (χ2v) is 5.67. The van der Waals surface area contributed by atoms with Gasteiger partial charge in [-0.3, -0.25) is 0 Å². The monoisotopic (exact) mass is 265 g/mol. The number of rotatable bonds is 8. The predicted molar refractivity (Wildman–Crippen MR) is 79.8 cm³/mol. The molecular formula is C16H27NO2. The summed E-state index contributed by atoms with van der Waals surface area (Å²) >= 11 is 0. The maximum atomic E-state index is 9.19. The molecule has 0 radical (unpaired) electrons. The first-order chi connectivity index (χ1) is 9.05. The Morgan fingerprint density at radius 1 is 1.32 bits per heavy atom. The summed E-state index contributed by atoms with van der Waals surface area (Å²) in [6, 6.07) is 8.15. The zero-order valence-electron chi connectivity index (χ0n) is 12.6. The molecule has 0 heterocycles. The van der Waals surface area contributed by atoms with Crippen LogP contribution in [0.25, 0.3) is 0 Å². The summed E-state index contributed by atoms with van der Waals surface area (Å²) in [4.78, 5) is 0. The molecule has 0 aliphatic rings. The quantitative estimate of drug-likeness (QED) is 0.759. The Morgan fingerprint density at radius 2 is 2.00 bits per heavy atom. The van der Waals surface area contributed by atoms with Crippen LogP contribution in [-0.4, -0.2) is 31.9 Å². The van der Waals surface area contributed by atoms with Gasteiger partial charge < -0.3 is 15.2 Å². The average Bonchev–Trinajstić information content (AvgIpc) is 2.43. The van der Waals surface area contributed by atoms with E-state index in [9.17, 15) is 5.11 Å². The van der Waals surface area contributed by atoms with Gasteiger partial charge in [-0.1, -0.05) is 39.0 Å². The van der Waals surface area contributed by atoms with Crippen LogP contribution in [0.3, 0.4) is 0 Å². The molecule has 0 bridgehead atoms. The minimum absolute atomic E-state index is 0.000348. The number of ether oxygens (including phenoxy) is 1. The lowest BCUT2D eigenvalue weighted by atomic mass is 9.83. The van der Waals surface area contributed by atoms with Crippen LogP contribution in [0.5, 0.6) is 5.75 Å². The predicted octanol–water partition coefficient (Wildman–Crippen LogP) is 2.58. The first-order valence-electron chi connectivity index (χ1n) is 7.00. The molecule has 1 aromatic rings. The molecule has 1 atom stereocenters. The van der Waals surface area contributed by atoms with Crippen LogP contribution < -0.4 is 10.1 Å². The highest BCUT2D eigenvalue weighted by atomic mass is 16.5. The molecule has 0 aromatic heterocycles. The highest BCUT2D eigenvalue weighted by Crippen LogP contribution is 2.30. The van der Waals surface area contributed by atoms with Crippen molar-refractivity contribution in [2.45, 2.75) is 32.6 Å². The standard InChI is InChI=1S/C16H27NO2/c1-5-13(11-18)10-17-12-16(2,3)14-8-6-7-9-15(14)19-4/h6-9,13,17-18H,5,10-12H2,1-4H3. The van der Waals surface area contributed by atoms with Crippen molar-refractivity contribution in [1.82, 2.24) is 5.32 Å². The smallest absolute Gasteiger partial charge is 0.122 e. The largest absolute Gasteiger partial charge is 0.496 e. The van der Waals surface area contributed by atoms with Crippen molar-refractivity contribution in [3.05, 3.63) is 29.8 Å². The number of hydrogen-bond donors (Lipinski definition) is 2. The molecule has 0 fully saturated rings. The van der Waals surface area contributed by atoms with Crippen molar-refractivity contribution < 1.29 is 9.84 Å². The van der Waals surface area contributed by atoms with Gasteiger partial charge in [0.15, 0.2) is 0 Å². The zero-order valence-corrected chi connectivity index (χ0v) is 12.6. The Morgan fingerprint density at radius 3 is 2.58 bits per heavy atom. The molecule has 0 saturated heterocycles. The number of aliphatic hydroxyl groups excluding tert-OH is 1. The third kappa shape index (κ3) is 4.51. The number of nitrogens with one attached hydrogen (secondary N) is 1. The summed E-state index contributed by atoms with van der Waals surface area (Å²) in [5.41, 5.74) is 1.21. The van der Waals surface area contributed by atoms with Crippen LogP contribution in [0.1, 0.15) is 32.8 Å². The number of benzene rings is 1. The third-order valence-corrected chi connectivity index (χ3v) is 3.67. The van der Waals surface area contributed by atoms with E-state index < -0.39 is 0 Å². The van der Waals surface area contributed by atoms with E-state index in [1.165, 1.54) is 5.56 Å². The minimum Gasteiger partial charge on any atom is -0.496 e. The highest BCUT2D eigenvalue weighted by Gasteiger charge is 2.23. The van der Waals surface area contributed by atoms with Gasteiger partial charge in [0.1, 0.15) is 5.75 Å². The van der Waals surface area contributed by atoms with Gasteiger partial charge in [-0.05, 0) is 18.4 Å². The molecule has 0 spiro atoms. The Hall–Kier alpha value is -1.06. The normalized spacial score (nSPS) is 13.3. The third-order valence-electron chi connectivity index (χ3n) is 3.67. The summed E-state index contributed by atoms with van der Waals surface area (Å²) in [6.07, 6.45) is 0.999. The van der Waals surface area contributed by atoms with E-state index >= 15 is 0 Å². The van der Waals surface area contributed by atoms with Crippen LogP contribution >= 0.6 is 0 Å². The molecular weight excluding hydrogens is 238 g/mol.